The Hall–Kier alpha value is -2.86. The van der Waals surface area contributed by atoms with E-state index >= 15 is 0 Å². The molecule has 0 heterocycles. The van der Waals surface area contributed by atoms with E-state index in [0.29, 0.717) is 24.3 Å². The molecule has 6 unspecified atom stereocenters. The first-order valence-electron chi connectivity index (χ1n) is 15.0. The van der Waals surface area contributed by atoms with Crippen LogP contribution in [0.5, 0.6) is 0 Å². The molecule has 2 fully saturated rings. The molecule has 0 spiro atoms. The zero-order valence-corrected chi connectivity index (χ0v) is 27.1. The fourth-order valence-corrected chi connectivity index (χ4v) is 10.9. The van der Waals surface area contributed by atoms with Crippen LogP contribution in [-0.4, -0.2) is 24.7 Å². The van der Waals surface area contributed by atoms with Gasteiger partial charge in [-0.3, -0.25) is 13.2 Å². The highest BCUT2D eigenvalue weighted by Crippen LogP contribution is 2.53. The minimum atomic E-state index is -1.36. The predicted octanol–water partition coefficient (Wildman–Crippen LogP) is 8.48. The van der Waals surface area contributed by atoms with E-state index in [-0.39, 0.29) is 40.0 Å². The molecule has 0 N–H and O–H groups in total. The standard InChI is InChI=1S/C37H37ClO3S2/c1-23-7-13-26(14-8-23)31-20-34-33(22-36(31)42(40)29-15-9-24(2)10-16-29)35(39)21-32(27-5-4-6-28(38)19-27)37(34)43(41)30-17-11-25(3)12-18-30/h4-19,31-34,36-37H,20-22H2,1-3H3/t31?,32?,33-,34+,36?,37?,42?,43?/m1/s1. The summed E-state index contributed by atoms with van der Waals surface area (Å²) >= 11 is 6.44. The van der Waals surface area contributed by atoms with Crippen LogP contribution in [0, 0.1) is 32.6 Å². The Morgan fingerprint density at radius 1 is 0.628 bits per heavy atom. The van der Waals surface area contributed by atoms with Gasteiger partial charge in [0.1, 0.15) is 5.78 Å². The number of rotatable bonds is 6. The number of hydrogen-bond acceptors (Lipinski definition) is 3. The van der Waals surface area contributed by atoms with Crippen molar-refractivity contribution in [1.82, 2.24) is 0 Å². The van der Waals surface area contributed by atoms with Gasteiger partial charge in [0, 0.05) is 38.3 Å². The molecule has 8 atom stereocenters. The van der Waals surface area contributed by atoms with Crippen LogP contribution in [0.15, 0.2) is 107 Å². The molecule has 0 aromatic heterocycles. The fourth-order valence-electron chi connectivity index (χ4n) is 7.14. The lowest BCUT2D eigenvalue weighted by atomic mass is 9.61. The number of Topliss-reactive ketones (excluding diaryl/α,β-unsaturated/α-hetero) is 1. The normalized spacial score (nSPS) is 26.8. The molecule has 43 heavy (non-hydrogen) atoms. The number of fused-ring (bicyclic) bond motifs is 1. The van der Waals surface area contributed by atoms with Gasteiger partial charge in [0.05, 0.1) is 26.8 Å². The molecular weight excluding hydrogens is 592 g/mol. The van der Waals surface area contributed by atoms with Crippen molar-refractivity contribution < 1.29 is 13.2 Å². The zero-order valence-electron chi connectivity index (χ0n) is 24.7. The number of halogens is 1. The van der Waals surface area contributed by atoms with Gasteiger partial charge in [0.15, 0.2) is 0 Å². The van der Waals surface area contributed by atoms with Gasteiger partial charge in [0.2, 0.25) is 0 Å². The molecule has 6 heteroatoms. The summed E-state index contributed by atoms with van der Waals surface area (Å²) in [4.78, 5) is 15.6. The third-order valence-electron chi connectivity index (χ3n) is 9.44. The van der Waals surface area contributed by atoms with E-state index in [2.05, 4.69) is 31.2 Å². The van der Waals surface area contributed by atoms with E-state index in [1.165, 1.54) is 5.56 Å². The average molecular weight is 629 g/mol. The van der Waals surface area contributed by atoms with Crippen LogP contribution in [0.3, 0.4) is 0 Å². The lowest BCUT2D eigenvalue weighted by Crippen LogP contribution is -2.51. The second kappa shape index (κ2) is 12.6. The molecule has 2 saturated carbocycles. The maximum atomic E-state index is 14.6. The first kappa shape index (κ1) is 30.2. The Morgan fingerprint density at radius 2 is 1.19 bits per heavy atom. The Kier molecular flexibility index (Phi) is 8.86. The molecule has 4 aromatic rings. The zero-order chi connectivity index (χ0) is 30.2. The summed E-state index contributed by atoms with van der Waals surface area (Å²) in [7, 11) is -2.65. The van der Waals surface area contributed by atoms with Crippen LogP contribution in [0.25, 0.3) is 0 Å². The number of benzene rings is 4. The van der Waals surface area contributed by atoms with Crippen molar-refractivity contribution in [3.8, 4) is 0 Å². The summed E-state index contributed by atoms with van der Waals surface area (Å²) in [5, 5.41) is 0.124. The van der Waals surface area contributed by atoms with Gasteiger partial charge >= 0.3 is 0 Å². The van der Waals surface area contributed by atoms with E-state index in [1.807, 2.05) is 86.6 Å². The highest BCUT2D eigenvalue weighted by Gasteiger charge is 2.53. The molecule has 0 amide bonds. The van der Waals surface area contributed by atoms with Gasteiger partial charge in [-0.25, -0.2) is 0 Å². The van der Waals surface area contributed by atoms with Crippen molar-refractivity contribution in [2.45, 2.75) is 72.2 Å². The van der Waals surface area contributed by atoms with Crippen molar-refractivity contribution in [2.24, 2.45) is 11.8 Å². The second-order valence-electron chi connectivity index (χ2n) is 12.3. The maximum Gasteiger partial charge on any atom is 0.136 e. The van der Waals surface area contributed by atoms with Crippen LogP contribution in [0.1, 0.15) is 58.9 Å². The van der Waals surface area contributed by atoms with Crippen LogP contribution in [0.4, 0.5) is 0 Å². The molecule has 3 nitrogen and oxygen atoms in total. The van der Waals surface area contributed by atoms with E-state index in [4.69, 9.17) is 11.6 Å². The van der Waals surface area contributed by atoms with E-state index in [1.54, 1.807) is 0 Å². The fraction of sp³-hybridized carbons (Fsp3) is 0.324. The number of carbonyl (C=O) groups is 1. The third-order valence-corrected chi connectivity index (χ3v) is 13.4. The second-order valence-corrected chi connectivity index (χ2v) is 16.0. The maximum absolute atomic E-state index is 14.6. The van der Waals surface area contributed by atoms with E-state index in [0.717, 1.165) is 32.0 Å². The lowest BCUT2D eigenvalue weighted by molar-refractivity contribution is -0.128. The highest BCUT2D eigenvalue weighted by atomic mass is 35.5. The van der Waals surface area contributed by atoms with Crippen LogP contribution < -0.4 is 0 Å². The molecule has 2 aliphatic carbocycles. The lowest BCUT2D eigenvalue weighted by Gasteiger charge is -2.48. The van der Waals surface area contributed by atoms with Gasteiger partial charge < -0.3 is 0 Å². The van der Waals surface area contributed by atoms with Crippen molar-refractivity contribution in [3.05, 3.63) is 130 Å². The Bertz CT molecular complexity index is 1660. The number of carbonyl (C=O) groups excluding carboxylic acids is 1. The Balaban J connectivity index is 1.45. The van der Waals surface area contributed by atoms with Crippen molar-refractivity contribution >= 4 is 39.0 Å². The van der Waals surface area contributed by atoms with Crippen LogP contribution in [0.2, 0.25) is 5.02 Å². The molecule has 2 aliphatic rings. The van der Waals surface area contributed by atoms with Crippen molar-refractivity contribution in [1.29, 1.82) is 0 Å². The molecule has 0 saturated heterocycles. The first-order valence-corrected chi connectivity index (χ1v) is 17.8. The van der Waals surface area contributed by atoms with E-state index in [9.17, 15) is 13.2 Å². The minimum absolute atomic E-state index is 0.0348. The molecular formula is C37H37ClO3S2. The largest absolute Gasteiger partial charge is 0.299 e. The number of ketones is 1. The van der Waals surface area contributed by atoms with E-state index < -0.39 is 21.6 Å². The molecule has 4 aromatic carbocycles. The average Bonchev–Trinajstić information content (AvgIpc) is 3.01. The van der Waals surface area contributed by atoms with Crippen LogP contribution in [-0.2, 0) is 26.4 Å². The quantitative estimate of drug-likeness (QED) is 0.215. The Labute approximate surface area is 265 Å². The topological polar surface area (TPSA) is 51.2 Å². The van der Waals surface area contributed by atoms with Crippen molar-refractivity contribution in [2.75, 3.05) is 0 Å². The summed E-state index contributed by atoms with van der Waals surface area (Å²) in [5.41, 5.74) is 5.49. The first-order chi connectivity index (χ1) is 20.7. The molecule has 6 rings (SSSR count). The summed E-state index contributed by atoms with van der Waals surface area (Å²) < 4.78 is 28.9. The number of hydrogen-bond donors (Lipinski definition) is 0. The predicted molar refractivity (Wildman–Crippen MR) is 177 cm³/mol. The highest BCUT2D eigenvalue weighted by molar-refractivity contribution is 7.86. The number of aryl methyl sites for hydroxylation is 3. The molecule has 0 radical (unpaired) electrons. The van der Waals surface area contributed by atoms with Gasteiger partial charge in [0.25, 0.3) is 0 Å². The minimum Gasteiger partial charge on any atom is -0.299 e. The van der Waals surface area contributed by atoms with Gasteiger partial charge in [-0.05, 0) is 93.0 Å². The summed E-state index contributed by atoms with van der Waals surface area (Å²) in [6.07, 6.45) is 1.48. The molecule has 222 valence electrons. The van der Waals surface area contributed by atoms with Gasteiger partial charge in [-0.2, -0.15) is 0 Å². The van der Waals surface area contributed by atoms with Gasteiger partial charge in [-0.1, -0.05) is 89.0 Å². The SMILES string of the molecule is Cc1ccc(C2C[C@@H]3C(S(=O)c4ccc(C)cc4)C(c4cccc(Cl)c4)CC(=O)[C@@H]3CC2S(=O)c2ccc(C)cc2)cc1. The van der Waals surface area contributed by atoms with Gasteiger partial charge in [-0.15, -0.1) is 0 Å². The van der Waals surface area contributed by atoms with Crippen LogP contribution >= 0.6 is 11.6 Å². The van der Waals surface area contributed by atoms with Crippen molar-refractivity contribution in [3.63, 3.8) is 0 Å². The summed E-state index contributed by atoms with van der Waals surface area (Å²) in [5.74, 6) is -0.485. The Morgan fingerprint density at radius 3 is 1.77 bits per heavy atom. The molecule has 0 aliphatic heterocycles. The summed E-state index contributed by atoms with van der Waals surface area (Å²) in [6.45, 7) is 6.12. The molecule has 0 bridgehead atoms. The summed E-state index contributed by atoms with van der Waals surface area (Å²) in [6, 6.07) is 32.0. The smallest absolute Gasteiger partial charge is 0.136 e. The third kappa shape index (κ3) is 6.22. The monoisotopic (exact) mass is 628 g/mol.